The molecule has 0 aromatic heterocycles. The predicted octanol–water partition coefficient (Wildman–Crippen LogP) is 15.3. The predicted molar refractivity (Wildman–Crippen MR) is 238 cm³/mol. The van der Waals surface area contributed by atoms with Gasteiger partial charge in [0, 0.05) is 22.5 Å². The minimum absolute atomic E-state index is 0.112. The first-order valence-electron chi connectivity index (χ1n) is 25.0. The van der Waals surface area contributed by atoms with Crippen LogP contribution in [0.4, 0.5) is 17.1 Å². The highest BCUT2D eigenvalue weighted by molar-refractivity contribution is 5.97. The molecule has 0 saturated carbocycles. The molecule has 1 aliphatic carbocycles. The smallest absolute Gasteiger partial charge is 0.0645 e. The van der Waals surface area contributed by atoms with E-state index in [-0.39, 0.29) is 5.69 Å². The van der Waals surface area contributed by atoms with Crippen molar-refractivity contribution >= 4 is 27.8 Å². The van der Waals surface area contributed by atoms with Crippen LogP contribution in [0.2, 0.25) is 0 Å². The van der Waals surface area contributed by atoms with Crippen LogP contribution in [0.5, 0.6) is 0 Å². The maximum absolute atomic E-state index is 9.62. The first-order valence-corrected chi connectivity index (χ1v) is 18.5. The summed E-state index contributed by atoms with van der Waals surface area (Å²) in [5.74, 6) is 0. The van der Waals surface area contributed by atoms with Crippen molar-refractivity contribution < 1.29 is 17.8 Å². The van der Waals surface area contributed by atoms with Crippen molar-refractivity contribution in [3.05, 3.63) is 223 Å². The highest BCUT2D eigenvalue weighted by atomic mass is 15.1. The Morgan fingerprint density at radius 2 is 0.946 bits per heavy atom. The molecule has 0 spiro atoms. The van der Waals surface area contributed by atoms with Crippen LogP contribution in [0.15, 0.2) is 212 Å². The standard InChI is InChI=1S/C55H41N/c1-55(2)53-21-9-8-19-51(53)52-35-34-48(37-54(52)55)56(46-30-26-41(27-31-46)40-24-22-39(23-25-40)38-12-4-3-5-13-38)47-32-28-42(29-33-47)44-16-10-17-45(36-44)50-20-11-15-43-14-6-7-18-49(43)50/h3-37H,1-2H3/i3D,4D,5D,12D,13D,22D,23D,24D,25D,26D,27D,30D,31D. The molecule has 0 atom stereocenters. The second-order valence-corrected chi connectivity index (χ2v) is 14.4. The van der Waals surface area contributed by atoms with Crippen molar-refractivity contribution in [1.82, 2.24) is 0 Å². The second kappa shape index (κ2) is 13.7. The topological polar surface area (TPSA) is 3.24 Å². The van der Waals surface area contributed by atoms with E-state index >= 15 is 0 Å². The summed E-state index contributed by atoms with van der Waals surface area (Å²) >= 11 is 0. The Kier molecular flexibility index (Phi) is 5.49. The molecule has 1 heteroatoms. The summed E-state index contributed by atoms with van der Waals surface area (Å²) in [5.41, 5.74) is 6.74. The molecule has 0 bridgehead atoms. The summed E-state index contributed by atoms with van der Waals surface area (Å²) in [4.78, 5) is 1.68. The number of nitrogens with zero attached hydrogens (tertiary/aromatic N) is 1. The lowest BCUT2D eigenvalue weighted by Crippen LogP contribution is -2.16. The minimum atomic E-state index is -0.767. The number of hydrogen-bond donors (Lipinski definition) is 0. The lowest BCUT2D eigenvalue weighted by Gasteiger charge is -2.28. The average molecular weight is 729 g/mol. The molecule has 0 radical (unpaired) electrons. The van der Waals surface area contributed by atoms with Crippen LogP contribution in [-0.4, -0.2) is 0 Å². The van der Waals surface area contributed by atoms with E-state index in [0.717, 1.165) is 55.3 Å². The molecule has 0 amide bonds. The first kappa shape index (κ1) is 22.4. The normalized spacial score (nSPS) is 15.9. The molecule has 56 heavy (non-hydrogen) atoms. The number of rotatable bonds is 7. The Labute approximate surface area is 348 Å². The van der Waals surface area contributed by atoms with E-state index < -0.39 is 106 Å². The lowest BCUT2D eigenvalue weighted by atomic mass is 9.82. The molecule has 10 rings (SSSR count). The average Bonchev–Trinajstić information content (AvgIpc) is 3.59. The molecule has 9 aromatic rings. The van der Waals surface area contributed by atoms with E-state index in [4.69, 9.17) is 12.3 Å². The van der Waals surface area contributed by atoms with E-state index in [9.17, 15) is 5.48 Å². The third-order valence-electron chi connectivity index (χ3n) is 10.7. The van der Waals surface area contributed by atoms with Gasteiger partial charge in [-0.1, -0.05) is 183 Å². The van der Waals surface area contributed by atoms with Gasteiger partial charge in [0.1, 0.15) is 0 Å². The Hall–Kier alpha value is -6.96. The molecule has 1 aliphatic rings. The van der Waals surface area contributed by atoms with Crippen molar-refractivity contribution in [2.75, 3.05) is 4.90 Å². The molecule has 0 N–H and O–H groups in total. The summed E-state index contributed by atoms with van der Waals surface area (Å²) in [7, 11) is 0. The zero-order valence-electron chi connectivity index (χ0n) is 43.6. The van der Waals surface area contributed by atoms with Gasteiger partial charge >= 0.3 is 0 Å². The fraction of sp³-hybridized carbons (Fsp3) is 0.0545. The molecule has 9 aromatic carbocycles. The second-order valence-electron chi connectivity index (χ2n) is 14.4. The first-order chi connectivity index (χ1) is 32.9. The minimum Gasteiger partial charge on any atom is -0.310 e. The summed E-state index contributed by atoms with van der Waals surface area (Å²) in [6.07, 6.45) is 0. The molecular formula is C55H41N. The molecule has 0 unspecified atom stereocenters. The van der Waals surface area contributed by atoms with Gasteiger partial charge in [-0.25, -0.2) is 0 Å². The maximum Gasteiger partial charge on any atom is 0.0645 e. The number of benzene rings is 9. The van der Waals surface area contributed by atoms with Crippen LogP contribution in [0.25, 0.3) is 66.4 Å². The van der Waals surface area contributed by atoms with Gasteiger partial charge in [0.05, 0.1) is 17.8 Å². The van der Waals surface area contributed by atoms with E-state index in [0.29, 0.717) is 11.4 Å². The van der Waals surface area contributed by atoms with Crippen LogP contribution >= 0.6 is 0 Å². The highest BCUT2D eigenvalue weighted by Crippen LogP contribution is 2.50. The van der Waals surface area contributed by atoms with Crippen molar-refractivity contribution in [3.63, 3.8) is 0 Å². The van der Waals surface area contributed by atoms with Crippen molar-refractivity contribution in [1.29, 1.82) is 0 Å². The number of fused-ring (bicyclic) bond motifs is 4. The molecule has 1 nitrogen and oxygen atoms in total. The third-order valence-corrected chi connectivity index (χ3v) is 10.7. The molecule has 266 valence electrons. The van der Waals surface area contributed by atoms with Crippen LogP contribution in [-0.2, 0) is 5.41 Å². The SMILES string of the molecule is [2H]c1c([2H])c([2H])c(-c2c([2H])c([2H])c(-c3c([2H])c([2H])c(N(c4ccc(-c5cccc(-c6cccc7ccccc67)c5)cc4)c4ccc5c(c4)C(C)(C)c4ccccc4-5)c([2H])c3[2H])c([2H])c2[2H])c([2H])c1[2H]. The highest BCUT2D eigenvalue weighted by Gasteiger charge is 2.35. The van der Waals surface area contributed by atoms with Gasteiger partial charge in [0.25, 0.3) is 0 Å². The van der Waals surface area contributed by atoms with Gasteiger partial charge in [-0.05, 0) is 120 Å². The van der Waals surface area contributed by atoms with Crippen molar-refractivity contribution in [2.24, 2.45) is 0 Å². The van der Waals surface area contributed by atoms with E-state index in [1.807, 2.05) is 84.9 Å². The Balaban J connectivity index is 1.14. The Bertz CT molecular complexity index is 3550. The quantitative estimate of drug-likeness (QED) is 0.158. The Morgan fingerprint density at radius 3 is 1.71 bits per heavy atom. The largest absolute Gasteiger partial charge is 0.310 e. The fourth-order valence-corrected chi connectivity index (χ4v) is 7.87. The summed E-state index contributed by atoms with van der Waals surface area (Å²) < 4.78 is 116. The van der Waals surface area contributed by atoms with Crippen LogP contribution in [0.1, 0.15) is 42.8 Å². The van der Waals surface area contributed by atoms with Gasteiger partial charge in [-0.2, -0.15) is 0 Å². The number of hydrogen-bond acceptors (Lipinski definition) is 1. The molecule has 0 aliphatic heterocycles. The lowest BCUT2D eigenvalue weighted by molar-refractivity contribution is 0.660. The number of anilines is 3. The van der Waals surface area contributed by atoms with Gasteiger partial charge in [0.2, 0.25) is 0 Å². The molecule has 0 heterocycles. The van der Waals surface area contributed by atoms with Crippen LogP contribution < -0.4 is 4.90 Å². The summed E-state index contributed by atoms with van der Waals surface area (Å²) in [6.45, 7) is 4.27. The third kappa shape index (κ3) is 5.90. The van der Waals surface area contributed by atoms with Crippen molar-refractivity contribution in [3.8, 4) is 55.6 Å². The van der Waals surface area contributed by atoms with Gasteiger partial charge in [0.15, 0.2) is 0 Å². The summed E-state index contributed by atoms with van der Waals surface area (Å²) in [6, 6.07) is 35.6. The van der Waals surface area contributed by atoms with E-state index in [1.165, 1.54) is 0 Å². The van der Waals surface area contributed by atoms with Crippen LogP contribution in [0.3, 0.4) is 0 Å². The molecule has 0 saturated heterocycles. The van der Waals surface area contributed by atoms with Gasteiger partial charge in [-0.15, -0.1) is 0 Å². The van der Waals surface area contributed by atoms with Crippen molar-refractivity contribution in [2.45, 2.75) is 19.3 Å². The zero-order valence-corrected chi connectivity index (χ0v) is 30.6. The molecular weight excluding hydrogens is 675 g/mol. The zero-order chi connectivity index (χ0) is 49.0. The van der Waals surface area contributed by atoms with Crippen LogP contribution in [0, 0.1) is 0 Å². The maximum atomic E-state index is 9.62. The van der Waals surface area contributed by atoms with Gasteiger partial charge < -0.3 is 4.90 Å². The Morgan fingerprint density at radius 1 is 0.375 bits per heavy atom. The molecule has 0 fully saturated rings. The fourth-order valence-electron chi connectivity index (χ4n) is 7.87. The van der Waals surface area contributed by atoms with E-state index in [1.54, 1.807) is 4.90 Å². The summed E-state index contributed by atoms with van der Waals surface area (Å²) in [5, 5.41) is 2.27. The monoisotopic (exact) mass is 728 g/mol. The van der Waals surface area contributed by atoms with Gasteiger partial charge in [-0.3, -0.25) is 0 Å². The van der Waals surface area contributed by atoms with E-state index in [2.05, 4.69) is 62.4 Å².